The highest BCUT2D eigenvalue weighted by Gasteiger charge is 2.81. The van der Waals surface area contributed by atoms with Crippen molar-refractivity contribution in [1.82, 2.24) is 4.90 Å². The molecule has 9 heteroatoms. The second-order valence-corrected chi connectivity index (χ2v) is 15.9. The zero-order valence-corrected chi connectivity index (χ0v) is 29.2. The first-order valence-corrected chi connectivity index (χ1v) is 16.6. The number of esters is 2. The van der Waals surface area contributed by atoms with Crippen LogP contribution in [0.2, 0.25) is 0 Å². The minimum absolute atomic E-state index is 0. The van der Waals surface area contributed by atoms with Crippen molar-refractivity contribution in [2.75, 3.05) is 27.2 Å². The maximum absolute atomic E-state index is 13.6. The van der Waals surface area contributed by atoms with Gasteiger partial charge in [0.05, 0.1) is 13.2 Å². The van der Waals surface area contributed by atoms with Crippen molar-refractivity contribution in [1.29, 1.82) is 0 Å². The Bertz CT molecular complexity index is 1280. The molecule has 0 radical (unpaired) electrons. The van der Waals surface area contributed by atoms with Crippen molar-refractivity contribution in [3.8, 4) is 0 Å². The summed E-state index contributed by atoms with van der Waals surface area (Å²) >= 11 is 0. The van der Waals surface area contributed by atoms with E-state index in [0.717, 1.165) is 32.1 Å². The number of hydrogen-bond acceptors (Lipinski definition) is 8. The number of ether oxygens (including phenoxy) is 2. The highest BCUT2D eigenvalue weighted by Crippen LogP contribution is 2.87. The van der Waals surface area contributed by atoms with Crippen LogP contribution in [0.5, 0.6) is 0 Å². The van der Waals surface area contributed by atoms with E-state index in [9.17, 15) is 24.3 Å². The fourth-order valence-corrected chi connectivity index (χ4v) is 11.1. The van der Waals surface area contributed by atoms with Crippen LogP contribution in [-0.2, 0) is 28.7 Å². The van der Waals surface area contributed by atoms with Gasteiger partial charge in [-0.3, -0.25) is 24.1 Å². The summed E-state index contributed by atoms with van der Waals surface area (Å²) in [5.41, 5.74) is 0.0231. The molecule has 0 unspecified atom stereocenters. The van der Waals surface area contributed by atoms with Crippen molar-refractivity contribution >= 4 is 35.9 Å². The van der Waals surface area contributed by atoms with Crippen LogP contribution in [0.25, 0.3) is 0 Å². The number of fused-ring (bicyclic) bond motifs is 2. The molecular formula is C36H54ClNO7. The standard InChI is InChI=1S/C36H53NO7.ClH/c1-20(18-43-29(40)17-37(8)9)21(2)31(41)32(42)23(4)30-27(44-24(5)38)16-34(7)28-11-10-25-22(3)26(39)12-13-35(25)19-36(28,35)15-14-33(30,34)6;/h12-13,20,22-23,25,27-28,30,32,42H,2,10-11,14-19H2,1,3-9H3;1H/t20-,22-,23-,25-,27-,28-,30-,32+,33+,34-,35+,36-;/m0./s1. The molecule has 5 rings (SSSR count). The van der Waals surface area contributed by atoms with E-state index in [0.29, 0.717) is 18.3 Å². The van der Waals surface area contributed by atoms with Crippen molar-refractivity contribution in [3.63, 3.8) is 0 Å². The zero-order chi connectivity index (χ0) is 32.6. The summed E-state index contributed by atoms with van der Waals surface area (Å²) in [6, 6.07) is 0. The highest BCUT2D eigenvalue weighted by atomic mass is 35.5. The predicted octanol–water partition coefficient (Wildman–Crippen LogP) is 5.21. The Kier molecular flexibility index (Phi) is 9.72. The summed E-state index contributed by atoms with van der Waals surface area (Å²) in [6.45, 7) is 16.0. The van der Waals surface area contributed by atoms with Gasteiger partial charge in [-0.15, -0.1) is 12.4 Å². The average Bonchev–Trinajstić information content (AvgIpc) is 3.56. The van der Waals surface area contributed by atoms with Crippen LogP contribution in [0.1, 0.15) is 80.1 Å². The van der Waals surface area contributed by atoms with Crippen LogP contribution < -0.4 is 0 Å². The Morgan fingerprint density at radius 2 is 1.80 bits per heavy atom. The van der Waals surface area contributed by atoms with Crippen molar-refractivity contribution in [2.45, 2.75) is 92.3 Å². The predicted molar refractivity (Wildman–Crippen MR) is 173 cm³/mol. The number of hydrogen-bond donors (Lipinski definition) is 1. The van der Waals surface area contributed by atoms with Gasteiger partial charge in [-0.1, -0.05) is 47.3 Å². The number of nitrogens with zero attached hydrogens (tertiary/aromatic N) is 1. The molecule has 0 aromatic carbocycles. The van der Waals surface area contributed by atoms with Gasteiger partial charge in [-0.2, -0.15) is 0 Å². The molecule has 4 fully saturated rings. The van der Waals surface area contributed by atoms with Gasteiger partial charge in [0, 0.05) is 24.7 Å². The molecule has 0 bridgehead atoms. The van der Waals surface area contributed by atoms with Crippen LogP contribution in [0, 0.1) is 57.2 Å². The zero-order valence-electron chi connectivity index (χ0n) is 28.4. The van der Waals surface area contributed by atoms with Crippen molar-refractivity contribution < 1.29 is 33.8 Å². The number of likely N-dealkylation sites (N-methyl/N-ethyl adjacent to an activating group) is 1. The molecule has 0 aromatic rings. The molecule has 2 spiro atoms. The molecule has 12 atom stereocenters. The molecule has 8 nitrogen and oxygen atoms in total. The molecule has 45 heavy (non-hydrogen) atoms. The topological polar surface area (TPSA) is 110 Å². The van der Waals surface area contributed by atoms with E-state index < -0.39 is 29.8 Å². The molecule has 4 saturated carbocycles. The fraction of sp³-hybridized carbons (Fsp3) is 0.778. The third-order valence-electron chi connectivity index (χ3n) is 13.5. The number of carbonyl (C=O) groups is 4. The molecule has 0 aliphatic heterocycles. The molecule has 5 aliphatic carbocycles. The minimum Gasteiger partial charge on any atom is -0.464 e. The SMILES string of the molecule is C=C(C(=O)[C@H](O)[C@@H](C)[C@H]1[C@@H](OC(C)=O)C[C@@]2(C)[C@@H]3CC[C@H]4[C@H](C)C(=O)C=C[C@@]45C[C@@]35CC[C@]12C)[C@@H](C)COC(=O)CN(C)C.Cl. The summed E-state index contributed by atoms with van der Waals surface area (Å²) in [5, 5.41) is 11.6. The van der Waals surface area contributed by atoms with Gasteiger partial charge in [0.2, 0.25) is 0 Å². The summed E-state index contributed by atoms with van der Waals surface area (Å²) < 4.78 is 11.4. The van der Waals surface area contributed by atoms with Crippen LogP contribution >= 0.6 is 12.4 Å². The first kappa shape index (κ1) is 35.8. The highest BCUT2D eigenvalue weighted by molar-refractivity contribution is 5.98. The molecular weight excluding hydrogens is 594 g/mol. The van der Waals surface area contributed by atoms with E-state index in [1.54, 1.807) is 25.9 Å². The first-order chi connectivity index (χ1) is 20.5. The molecule has 5 aliphatic rings. The first-order valence-electron chi connectivity index (χ1n) is 16.6. The number of rotatable bonds is 10. The third-order valence-corrected chi connectivity index (χ3v) is 13.5. The minimum atomic E-state index is -1.32. The van der Waals surface area contributed by atoms with Crippen molar-refractivity contribution in [3.05, 3.63) is 24.3 Å². The van der Waals surface area contributed by atoms with E-state index in [1.165, 1.54) is 6.92 Å². The van der Waals surface area contributed by atoms with E-state index in [2.05, 4.69) is 33.4 Å². The van der Waals surface area contributed by atoms with Gasteiger partial charge < -0.3 is 14.6 Å². The summed E-state index contributed by atoms with van der Waals surface area (Å²) in [7, 11) is 3.55. The normalized spacial score (nSPS) is 41.3. The number of carbonyl (C=O) groups excluding carboxylic acids is 4. The van der Waals surface area contributed by atoms with Crippen LogP contribution in [-0.4, -0.2) is 73.0 Å². The fourth-order valence-electron chi connectivity index (χ4n) is 11.1. The monoisotopic (exact) mass is 647 g/mol. The van der Waals surface area contributed by atoms with Crippen LogP contribution in [0.15, 0.2) is 24.3 Å². The van der Waals surface area contributed by atoms with Gasteiger partial charge in [0.1, 0.15) is 12.2 Å². The molecule has 1 N–H and O–H groups in total. The molecule has 0 aromatic heterocycles. The lowest BCUT2D eigenvalue weighted by atomic mass is 9.43. The largest absolute Gasteiger partial charge is 0.464 e. The Labute approximate surface area is 275 Å². The molecule has 0 amide bonds. The third kappa shape index (κ3) is 5.35. The lowest BCUT2D eigenvalue weighted by Gasteiger charge is -2.61. The van der Waals surface area contributed by atoms with E-state index in [1.807, 2.05) is 13.0 Å². The van der Waals surface area contributed by atoms with E-state index >= 15 is 0 Å². The Morgan fingerprint density at radius 3 is 2.42 bits per heavy atom. The van der Waals surface area contributed by atoms with E-state index in [-0.39, 0.29) is 82.3 Å². The summed E-state index contributed by atoms with van der Waals surface area (Å²) in [6.07, 6.45) is 8.18. The Morgan fingerprint density at radius 1 is 1.13 bits per heavy atom. The maximum atomic E-state index is 13.6. The van der Waals surface area contributed by atoms with Gasteiger partial charge in [-0.25, -0.2) is 0 Å². The van der Waals surface area contributed by atoms with Gasteiger partial charge >= 0.3 is 11.9 Å². The number of allylic oxidation sites excluding steroid dienone is 2. The molecule has 0 saturated heterocycles. The second kappa shape index (κ2) is 12.2. The number of aliphatic hydroxyl groups is 1. The number of ketones is 2. The van der Waals surface area contributed by atoms with Gasteiger partial charge in [0.15, 0.2) is 11.6 Å². The average molecular weight is 648 g/mol. The van der Waals surface area contributed by atoms with Crippen LogP contribution in [0.3, 0.4) is 0 Å². The maximum Gasteiger partial charge on any atom is 0.320 e. The molecule has 252 valence electrons. The summed E-state index contributed by atoms with van der Waals surface area (Å²) in [4.78, 5) is 52.4. The Hall–Kier alpha value is -2.03. The number of Topliss-reactive ketones (excluding diaryl/α,β-unsaturated/α-hetero) is 1. The van der Waals surface area contributed by atoms with Crippen LogP contribution in [0.4, 0.5) is 0 Å². The quantitative estimate of drug-likeness (QED) is 0.254. The lowest BCUT2D eigenvalue weighted by Crippen LogP contribution is -2.56. The summed E-state index contributed by atoms with van der Waals surface area (Å²) in [5.74, 6) is -1.23. The van der Waals surface area contributed by atoms with E-state index in [4.69, 9.17) is 9.47 Å². The Balaban J connectivity index is 0.00000461. The lowest BCUT2D eigenvalue weighted by molar-refractivity contribution is -0.155. The van der Waals surface area contributed by atoms with Crippen molar-refractivity contribution in [2.24, 2.45) is 57.2 Å². The number of aliphatic hydroxyl groups excluding tert-OH is 1. The van der Waals surface area contributed by atoms with Gasteiger partial charge in [-0.05, 0) is 104 Å². The smallest absolute Gasteiger partial charge is 0.320 e. The number of halogens is 1. The second-order valence-electron chi connectivity index (χ2n) is 15.9. The molecule has 0 heterocycles. The van der Waals surface area contributed by atoms with Gasteiger partial charge in [0.25, 0.3) is 0 Å².